The summed E-state index contributed by atoms with van der Waals surface area (Å²) in [7, 11) is 5.31. The molecule has 2 heterocycles. The van der Waals surface area contributed by atoms with Crippen LogP contribution in [0.2, 0.25) is 0 Å². The maximum absolute atomic E-state index is 13.4. The molecular formula is C36H41N5O5. The Morgan fingerprint density at radius 1 is 0.935 bits per heavy atom. The van der Waals surface area contributed by atoms with Gasteiger partial charge in [0.1, 0.15) is 0 Å². The standard InChI is InChI=1S/C36H41N5O5/c1-24(42)41-30-22-26(35(45)46-6)12-17-29(30)32(34(41)44)33(25-10-8-7-9-11-25)37-27-13-15-28(16-14-27)39(5)36(2,3)31(43)23-40-20-18-38(4)19-21-40/h7-17,22,44H,18-21,23H2,1-6H3. The SMILES string of the molecule is COC(=O)c1ccc2c(C(=Nc3ccc(N(C)C(C)(C)C(=O)CN4CCN(C)CC4)cc3)c3ccccc3)c(O)n(C(C)=O)c2c1. The molecule has 1 aliphatic heterocycles. The summed E-state index contributed by atoms with van der Waals surface area (Å²) in [6, 6.07) is 21.8. The fraction of sp³-hybridized carbons (Fsp3) is 0.333. The summed E-state index contributed by atoms with van der Waals surface area (Å²) in [6.45, 7) is 9.33. The third-order valence-electron chi connectivity index (χ3n) is 8.93. The van der Waals surface area contributed by atoms with Crippen LogP contribution in [0, 0.1) is 0 Å². The molecular weight excluding hydrogens is 582 g/mol. The third kappa shape index (κ3) is 6.45. The van der Waals surface area contributed by atoms with Crippen LogP contribution in [-0.2, 0) is 9.53 Å². The van der Waals surface area contributed by atoms with E-state index >= 15 is 0 Å². The van der Waals surface area contributed by atoms with Gasteiger partial charge in [0.05, 0.1) is 47.2 Å². The highest BCUT2D eigenvalue weighted by Gasteiger charge is 2.34. The first-order chi connectivity index (χ1) is 21.9. The number of anilines is 1. The summed E-state index contributed by atoms with van der Waals surface area (Å²) in [4.78, 5) is 49.9. The smallest absolute Gasteiger partial charge is 0.337 e. The van der Waals surface area contributed by atoms with Gasteiger partial charge in [-0.15, -0.1) is 0 Å². The highest BCUT2D eigenvalue weighted by atomic mass is 16.5. The Balaban J connectivity index is 1.51. The van der Waals surface area contributed by atoms with Crippen molar-refractivity contribution in [1.82, 2.24) is 14.4 Å². The van der Waals surface area contributed by atoms with Crippen molar-refractivity contribution in [1.29, 1.82) is 0 Å². The number of benzene rings is 3. The molecule has 0 spiro atoms. The van der Waals surface area contributed by atoms with Gasteiger partial charge >= 0.3 is 5.97 Å². The summed E-state index contributed by atoms with van der Waals surface area (Å²) in [5.74, 6) is -1.09. The Morgan fingerprint density at radius 3 is 2.20 bits per heavy atom. The number of nitrogens with zero attached hydrogens (tertiary/aromatic N) is 5. The number of methoxy groups -OCH3 is 1. The van der Waals surface area contributed by atoms with Gasteiger partial charge in [0.2, 0.25) is 11.8 Å². The van der Waals surface area contributed by atoms with Crippen molar-refractivity contribution in [2.75, 3.05) is 58.8 Å². The number of carbonyl (C=O) groups excluding carboxylic acids is 3. The minimum Gasteiger partial charge on any atom is -0.494 e. The molecule has 1 fully saturated rings. The van der Waals surface area contributed by atoms with Gasteiger partial charge in [0, 0.05) is 56.8 Å². The van der Waals surface area contributed by atoms with E-state index in [4.69, 9.17) is 9.73 Å². The number of likely N-dealkylation sites (N-methyl/N-ethyl adjacent to an activating group) is 2. The van der Waals surface area contributed by atoms with Crippen LogP contribution in [0.1, 0.15) is 47.1 Å². The van der Waals surface area contributed by atoms with Gasteiger partial charge in [-0.2, -0.15) is 0 Å². The lowest BCUT2D eigenvalue weighted by molar-refractivity contribution is -0.124. The average molecular weight is 624 g/mol. The molecule has 0 unspecified atom stereocenters. The molecule has 1 N–H and O–H groups in total. The number of fused-ring (bicyclic) bond motifs is 1. The Kier molecular flexibility index (Phi) is 9.41. The topological polar surface area (TPSA) is 108 Å². The second-order valence-electron chi connectivity index (χ2n) is 12.2. The molecule has 0 atom stereocenters. The zero-order valence-corrected chi connectivity index (χ0v) is 27.3. The predicted octanol–water partition coefficient (Wildman–Crippen LogP) is 4.99. The number of rotatable bonds is 9. The Bertz CT molecular complexity index is 1790. The summed E-state index contributed by atoms with van der Waals surface area (Å²) >= 11 is 0. The number of aromatic hydroxyl groups is 1. The van der Waals surface area contributed by atoms with Crippen LogP contribution in [0.15, 0.2) is 77.8 Å². The maximum atomic E-state index is 13.4. The lowest BCUT2D eigenvalue weighted by atomic mass is 9.95. The molecule has 5 rings (SSSR count). The lowest BCUT2D eigenvalue weighted by Crippen LogP contribution is -2.54. The molecule has 0 bridgehead atoms. The number of Topliss-reactive ketones (excluding diaryl/α,β-unsaturated/α-hetero) is 1. The number of aromatic nitrogens is 1. The van der Waals surface area contributed by atoms with Gasteiger partial charge in [0.25, 0.3) is 0 Å². The van der Waals surface area contributed by atoms with E-state index in [-0.39, 0.29) is 17.2 Å². The Morgan fingerprint density at radius 2 is 1.59 bits per heavy atom. The molecule has 10 heteroatoms. The largest absolute Gasteiger partial charge is 0.494 e. The van der Waals surface area contributed by atoms with Crippen LogP contribution >= 0.6 is 0 Å². The molecule has 10 nitrogen and oxygen atoms in total. The van der Waals surface area contributed by atoms with Crippen molar-refractivity contribution in [2.24, 2.45) is 4.99 Å². The number of hydrogen-bond donors (Lipinski definition) is 1. The zero-order chi connectivity index (χ0) is 33.2. The van der Waals surface area contributed by atoms with Crippen molar-refractivity contribution in [2.45, 2.75) is 26.3 Å². The van der Waals surface area contributed by atoms with E-state index in [0.29, 0.717) is 34.4 Å². The van der Waals surface area contributed by atoms with Gasteiger partial charge in [0.15, 0.2) is 5.78 Å². The van der Waals surface area contributed by atoms with Crippen LogP contribution in [0.4, 0.5) is 11.4 Å². The normalized spacial score (nSPS) is 14.8. The number of carbonyl (C=O) groups is 3. The van der Waals surface area contributed by atoms with Crippen molar-refractivity contribution in [3.63, 3.8) is 0 Å². The van der Waals surface area contributed by atoms with Crippen molar-refractivity contribution in [3.05, 3.63) is 89.5 Å². The maximum Gasteiger partial charge on any atom is 0.337 e. The highest BCUT2D eigenvalue weighted by molar-refractivity contribution is 6.23. The minimum atomic E-state index is -0.729. The van der Waals surface area contributed by atoms with E-state index in [1.54, 1.807) is 12.1 Å². The molecule has 46 heavy (non-hydrogen) atoms. The number of ether oxygens (including phenoxy) is 1. The molecule has 0 aliphatic carbocycles. The van der Waals surface area contributed by atoms with Gasteiger partial charge in [-0.25, -0.2) is 9.79 Å². The minimum absolute atomic E-state index is 0.153. The average Bonchev–Trinajstić information content (AvgIpc) is 3.35. The first-order valence-electron chi connectivity index (χ1n) is 15.3. The molecule has 0 radical (unpaired) electrons. The van der Waals surface area contributed by atoms with E-state index in [9.17, 15) is 19.5 Å². The first-order valence-corrected chi connectivity index (χ1v) is 15.3. The molecule has 0 saturated carbocycles. The molecule has 1 aromatic heterocycles. The summed E-state index contributed by atoms with van der Waals surface area (Å²) in [6.07, 6.45) is 0. The molecule has 0 amide bonds. The zero-order valence-electron chi connectivity index (χ0n) is 27.3. The highest BCUT2D eigenvalue weighted by Crippen LogP contribution is 2.36. The van der Waals surface area contributed by atoms with E-state index in [1.165, 1.54) is 24.7 Å². The number of aliphatic imine (C=N–C) groups is 1. The number of piperazine rings is 1. The molecule has 1 aliphatic rings. The van der Waals surface area contributed by atoms with Crippen LogP contribution < -0.4 is 4.90 Å². The van der Waals surface area contributed by atoms with Gasteiger partial charge in [-0.3, -0.25) is 19.1 Å². The van der Waals surface area contributed by atoms with E-state index in [0.717, 1.165) is 37.4 Å². The van der Waals surface area contributed by atoms with E-state index in [1.807, 2.05) is 80.4 Å². The fourth-order valence-corrected chi connectivity index (χ4v) is 5.72. The van der Waals surface area contributed by atoms with Crippen molar-refractivity contribution in [3.8, 4) is 5.88 Å². The van der Waals surface area contributed by atoms with Crippen LogP contribution in [0.25, 0.3) is 10.9 Å². The van der Waals surface area contributed by atoms with E-state index in [2.05, 4.69) is 16.8 Å². The van der Waals surface area contributed by atoms with Crippen molar-refractivity contribution < 1.29 is 24.2 Å². The molecule has 240 valence electrons. The summed E-state index contributed by atoms with van der Waals surface area (Å²) < 4.78 is 6.05. The van der Waals surface area contributed by atoms with Crippen LogP contribution in [0.3, 0.4) is 0 Å². The number of esters is 1. The van der Waals surface area contributed by atoms with Crippen molar-refractivity contribution >= 4 is 45.6 Å². The molecule has 1 saturated heterocycles. The quantitative estimate of drug-likeness (QED) is 0.205. The molecule has 4 aromatic rings. The van der Waals surface area contributed by atoms with E-state index < -0.39 is 17.4 Å². The van der Waals surface area contributed by atoms with Crippen LogP contribution in [-0.4, -0.2) is 102 Å². The Labute approximate surface area is 269 Å². The Hall–Kier alpha value is -4.80. The van der Waals surface area contributed by atoms with Gasteiger partial charge in [-0.05, 0) is 57.3 Å². The lowest BCUT2D eigenvalue weighted by Gasteiger charge is -2.39. The monoisotopic (exact) mass is 623 g/mol. The van der Waals surface area contributed by atoms with Gasteiger partial charge < -0.3 is 19.6 Å². The third-order valence-corrected chi connectivity index (χ3v) is 8.93. The molecule has 3 aromatic carbocycles. The fourth-order valence-electron chi connectivity index (χ4n) is 5.72. The first kappa shape index (κ1) is 32.6. The second-order valence-corrected chi connectivity index (χ2v) is 12.2. The second kappa shape index (κ2) is 13.3. The predicted molar refractivity (Wildman–Crippen MR) is 181 cm³/mol. The van der Waals surface area contributed by atoms with Crippen LogP contribution in [0.5, 0.6) is 5.88 Å². The summed E-state index contributed by atoms with van der Waals surface area (Å²) in [5.41, 5.74) is 2.93. The number of ketones is 1. The van der Waals surface area contributed by atoms with Gasteiger partial charge in [-0.1, -0.05) is 36.4 Å². The summed E-state index contributed by atoms with van der Waals surface area (Å²) in [5, 5.41) is 12.0. The number of hydrogen-bond acceptors (Lipinski definition) is 9.